The van der Waals surface area contributed by atoms with Crippen LogP contribution in [0.25, 0.3) is 0 Å². The molecule has 3 rings (SSSR count). The zero-order valence-corrected chi connectivity index (χ0v) is 12.6. The summed E-state index contributed by atoms with van der Waals surface area (Å²) in [5, 5.41) is 0. The van der Waals surface area contributed by atoms with Gasteiger partial charge >= 0.3 is 0 Å². The first kappa shape index (κ1) is 14.1. The molecule has 3 heteroatoms. The van der Waals surface area contributed by atoms with Gasteiger partial charge in [0.05, 0.1) is 12.6 Å². The monoisotopic (exact) mass is 282 g/mol. The van der Waals surface area contributed by atoms with Gasteiger partial charge in [-0.15, -0.1) is 0 Å². The molecular weight excluding hydrogens is 260 g/mol. The van der Waals surface area contributed by atoms with E-state index >= 15 is 0 Å². The first-order valence-corrected chi connectivity index (χ1v) is 7.48. The summed E-state index contributed by atoms with van der Waals surface area (Å²) < 4.78 is 5.93. The molecule has 1 atom stereocenters. The van der Waals surface area contributed by atoms with Gasteiger partial charge in [-0.25, -0.2) is 5.43 Å². The molecule has 1 unspecified atom stereocenters. The Morgan fingerprint density at radius 1 is 1.14 bits per heavy atom. The number of hydrogen-bond acceptors (Lipinski definition) is 3. The Balaban J connectivity index is 2.08. The van der Waals surface area contributed by atoms with Gasteiger partial charge < -0.3 is 4.74 Å². The summed E-state index contributed by atoms with van der Waals surface area (Å²) in [6.07, 6.45) is 2.16. The number of para-hydroxylation sites is 1. The van der Waals surface area contributed by atoms with Crippen LogP contribution in [-0.4, -0.2) is 6.61 Å². The SMILES string of the molecule is Cc1ccc(C(NN)c2cccc3c2OCCC3)c(C)c1. The second kappa shape index (κ2) is 5.88. The average molecular weight is 282 g/mol. The molecule has 1 aliphatic heterocycles. The van der Waals surface area contributed by atoms with Crippen molar-refractivity contribution in [2.45, 2.75) is 32.7 Å². The van der Waals surface area contributed by atoms with Crippen molar-refractivity contribution in [1.29, 1.82) is 0 Å². The summed E-state index contributed by atoms with van der Waals surface area (Å²) in [4.78, 5) is 0. The molecule has 3 nitrogen and oxygen atoms in total. The van der Waals surface area contributed by atoms with E-state index in [1.165, 1.54) is 22.3 Å². The summed E-state index contributed by atoms with van der Waals surface area (Å²) in [7, 11) is 0. The van der Waals surface area contributed by atoms with Crippen LogP contribution in [0.5, 0.6) is 5.75 Å². The van der Waals surface area contributed by atoms with E-state index in [0.29, 0.717) is 0 Å². The highest BCUT2D eigenvalue weighted by Gasteiger charge is 2.22. The number of nitrogens with two attached hydrogens (primary N) is 1. The number of ether oxygens (including phenoxy) is 1. The standard InChI is InChI=1S/C18H22N2O/c1-12-8-9-15(13(2)11-12)17(20-19)16-7-3-5-14-6-4-10-21-18(14)16/h3,5,7-9,11,17,20H,4,6,10,19H2,1-2H3. The smallest absolute Gasteiger partial charge is 0.127 e. The Hall–Kier alpha value is -1.84. The second-order valence-electron chi connectivity index (χ2n) is 5.75. The molecule has 0 spiro atoms. The number of rotatable bonds is 3. The van der Waals surface area contributed by atoms with Crippen molar-refractivity contribution < 1.29 is 4.74 Å². The molecule has 0 fully saturated rings. The normalized spacial score (nSPS) is 15.2. The summed E-state index contributed by atoms with van der Waals surface area (Å²) in [5.41, 5.74) is 9.08. The Bertz CT molecular complexity index is 652. The minimum Gasteiger partial charge on any atom is -0.493 e. The van der Waals surface area contributed by atoms with Crippen LogP contribution in [0.2, 0.25) is 0 Å². The molecule has 0 aromatic heterocycles. The summed E-state index contributed by atoms with van der Waals surface area (Å²) in [5.74, 6) is 6.88. The van der Waals surface area contributed by atoms with Gasteiger partial charge in [0.25, 0.3) is 0 Å². The van der Waals surface area contributed by atoms with E-state index < -0.39 is 0 Å². The maximum Gasteiger partial charge on any atom is 0.127 e. The molecule has 0 saturated carbocycles. The molecule has 0 aliphatic carbocycles. The highest BCUT2D eigenvalue weighted by atomic mass is 16.5. The van der Waals surface area contributed by atoms with E-state index in [9.17, 15) is 0 Å². The predicted molar refractivity (Wildman–Crippen MR) is 85.3 cm³/mol. The molecule has 2 aromatic carbocycles. The molecule has 0 radical (unpaired) electrons. The number of fused-ring (bicyclic) bond motifs is 1. The van der Waals surface area contributed by atoms with Gasteiger partial charge in [0.1, 0.15) is 5.75 Å². The lowest BCUT2D eigenvalue weighted by Crippen LogP contribution is -2.30. The van der Waals surface area contributed by atoms with Crippen molar-refractivity contribution >= 4 is 0 Å². The van der Waals surface area contributed by atoms with Gasteiger partial charge in [-0.3, -0.25) is 5.84 Å². The number of benzene rings is 2. The molecule has 0 bridgehead atoms. The van der Waals surface area contributed by atoms with Gasteiger partial charge in [0, 0.05) is 5.56 Å². The minimum atomic E-state index is -0.0429. The van der Waals surface area contributed by atoms with Crippen molar-refractivity contribution in [3.05, 3.63) is 64.2 Å². The molecule has 3 N–H and O–H groups in total. The largest absolute Gasteiger partial charge is 0.493 e. The molecule has 1 heterocycles. The lowest BCUT2D eigenvalue weighted by molar-refractivity contribution is 0.283. The summed E-state index contributed by atoms with van der Waals surface area (Å²) >= 11 is 0. The Labute approximate surface area is 126 Å². The Morgan fingerprint density at radius 2 is 2.00 bits per heavy atom. The van der Waals surface area contributed by atoms with E-state index in [4.69, 9.17) is 10.6 Å². The highest BCUT2D eigenvalue weighted by molar-refractivity contribution is 5.49. The predicted octanol–water partition coefficient (Wildman–Crippen LogP) is 3.18. The average Bonchev–Trinajstić information content (AvgIpc) is 2.50. The highest BCUT2D eigenvalue weighted by Crippen LogP contribution is 2.36. The fourth-order valence-corrected chi connectivity index (χ4v) is 3.14. The van der Waals surface area contributed by atoms with Gasteiger partial charge in [0.2, 0.25) is 0 Å². The number of hydrazine groups is 1. The van der Waals surface area contributed by atoms with E-state index in [-0.39, 0.29) is 6.04 Å². The van der Waals surface area contributed by atoms with E-state index in [2.05, 4.69) is 55.7 Å². The number of hydrogen-bond donors (Lipinski definition) is 2. The molecule has 0 amide bonds. The molecule has 1 aliphatic rings. The topological polar surface area (TPSA) is 47.3 Å². The van der Waals surface area contributed by atoms with Crippen LogP contribution in [0.15, 0.2) is 36.4 Å². The fourth-order valence-electron chi connectivity index (χ4n) is 3.14. The first-order chi connectivity index (χ1) is 10.2. The first-order valence-electron chi connectivity index (χ1n) is 7.48. The number of aryl methyl sites for hydroxylation is 3. The van der Waals surface area contributed by atoms with Crippen LogP contribution in [0.3, 0.4) is 0 Å². The van der Waals surface area contributed by atoms with Crippen LogP contribution < -0.4 is 16.0 Å². The third kappa shape index (κ3) is 2.67. The van der Waals surface area contributed by atoms with Crippen LogP contribution >= 0.6 is 0 Å². The van der Waals surface area contributed by atoms with Crippen molar-refractivity contribution in [3.8, 4) is 5.75 Å². The molecule has 21 heavy (non-hydrogen) atoms. The van der Waals surface area contributed by atoms with Crippen molar-refractivity contribution in [1.82, 2.24) is 5.43 Å². The van der Waals surface area contributed by atoms with Gasteiger partial charge in [-0.05, 0) is 43.4 Å². The quantitative estimate of drug-likeness (QED) is 0.671. The lowest BCUT2D eigenvalue weighted by atomic mass is 9.91. The second-order valence-corrected chi connectivity index (χ2v) is 5.75. The molecular formula is C18H22N2O. The molecule has 110 valence electrons. The molecule has 2 aromatic rings. The Morgan fingerprint density at radius 3 is 2.76 bits per heavy atom. The zero-order chi connectivity index (χ0) is 14.8. The van der Waals surface area contributed by atoms with E-state index in [0.717, 1.165) is 30.8 Å². The zero-order valence-electron chi connectivity index (χ0n) is 12.6. The van der Waals surface area contributed by atoms with Crippen molar-refractivity contribution in [2.75, 3.05) is 6.61 Å². The van der Waals surface area contributed by atoms with Gasteiger partial charge in [-0.1, -0.05) is 42.0 Å². The van der Waals surface area contributed by atoms with E-state index in [1.807, 2.05) is 0 Å². The lowest BCUT2D eigenvalue weighted by Gasteiger charge is -2.26. The fraction of sp³-hybridized carbons (Fsp3) is 0.333. The maximum absolute atomic E-state index is 5.93. The van der Waals surface area contributed by atoms with Crippen LogP contribution in [-0.2, 0) is 6.42 Å². The minimum absolute atomic E-state index is 0.0429. The maximum atomic E-state index is 5.93. The third-order valence-electron chi connectivity index (χ3n) is 4.18. The van der Waals surface area contributed by atoms with Gasteiger partial charge in [-0.2, -0.15) is 0 Å². The van der Waals surface area contributed by atoms with Gasteiger partial charge in [0.15, 0.2) is 0 Å². The van der Waals surface area contributed by atoms with Crippen LogP contribution in [0.4, 0.5) is 0 Å². The van der Waals surface area contributed by atoms with Crippen molar-refractivity contribution in [2.24, 2.45) is 5.84 Å². The molecule has 0 saturated heterocycles. The van der Waals surface area contributed by atoms with Crippen molar-refractivity contribution in [3.63, 3.8) is 0 Å². The Kier molecular flexibility index (Phi) is 3.95. The van der Waals surface area contributed by atoms with Crippen LogP contribution in [0, 0.1) is 13.8 Å². The van der Waals surface area contributed by atoms with E-state index in [1.54, 1.807) is 0 Å². The third-order valence-corrected chi connectivity index (χ3v) is 4.18. The number of nitrogens with one attached hydrogen (secondary N) is 1. The van der Waals surface area contributed by atoms with Crippen LogP contribution in [0.1, 0.15) is 40.3 Å². The summed E-state index contributed by atoms with van der Waals surface area (Å²) in [6, 6.07) is 12.8. The summed E-state index contributed by atoms with van der Waals surface area (Å²) in [6.45, 7) is 5.02.